The quantitative estimate of drug-likeness (QED) is 0.335. The topological polar surface area (TPSA) is 121 Å². The number of sulfone groups is 1. The van der Waals surface area contributed by atoms with Crippen LogP contribution in [0.15, 0.2) is 27.5 Å². The summed E-state index contributed by atoms with van der Waals surface area (Å²) in [6, 6.07) is 4.23. The van der Waals surface area contributed by atoms with Gasteiger partial charge in [0.15, 0.2) is 15.4 Å². The molecule has 2 amide bonds. The molecule has 2 aromatic rings. The monoisotopic (exact) mass is 451 g/mol. The normalized spacial score (nSPS) is 17.8. The number of aromatic nitrogens is 1. The molecule has 0 spiro atoms. The van der Waals surface area contributed by atoms with Crippen molar-refractivity contribution in [3.8, 4) is 0 Å². The zero-order valence-corrected chi connectivity index (χ0v) is 18.7. The first-order valence-corrected chi connectivity index (χ1v) is 12.3. The number of carbonyl (C=O) groups excluding carboxylic acids is 2. The van der Waals surface area contributed by atoms with Crippen molar-refractivity contribution in [3.05, 3.63) is 24.1 Å². The predicted octanol–water partition coefficient (Wildman–Crippen LogP) is 2.94. The van der Waals surface area contributed by atoms with E-state index in [1.807, 2.05) is 6.92 Å². The zero-order valence-electron chi connectivity index (χ0n) is 17.9. The molecule has 0 unspecified atom stereocenters. The van der Waals surface area contributed by atoms with Gasteiger partial charge in [0.2, 0.25) is 18.2 Å². The molecule has 0 bridgehead atoms. The van der Waals surface area contributed by atoms with Crippen LogP contribution in [0.2, 0.25) is 0 Å². The highest BCUT2D eigenvalue weighted by Gasteiger charge is 2.37. The van der Waals surface area contributed by atoms with Crippen molar-refractivity contribution < 1.29 is 27.6 Å². The zero-order chi connectivity index (χ0) is 22.6. The molecule has 2 atom stereocenters. The molecule has 1 saturated heterocycles. The Bertz CT molecular complexity index is 1030. The van der Waals surface area contributed by atoms with Crippen LogP contribution in [-0.2, 0) is 19.4 Å². The Morgan fingerprint density at radius 3 is 2.87 bits per heavy atom. The number of likely N-dealkylation sites (tertiary alicyclic amines) is 1. The van der Waals surface area contributed by atoms with Crippen LogP contribution in [0.5, 0.6) is 0 Å². The van der Waals surface area contributed by atoms with Crippen LogP contribution < -0.4 is 0 Å². The van der Waals surface area contributed by atoms with E-state index >= 15 is 0 Å². The van der Waals surface area contributed by atoms with Crippen molar-refractivity contribution in [1.82, 2.24) is 14.9 Å². The highest BCUT2D eigenvalue weighted by Crippen LogP contribution is 2.35. The van der Waals surface area contributed by atoms with Gasteiger partial charge in [-0.3, -0.25) is 14.8 Å². The van der Waals surface area contributed by atoms with Gasteiger partial charge in [-0.15, -0.1) is 0 Å². The van der Waals surface area contributed by atoms with Crippen LogP contribution in [-0.4, -0.2) is 59.7 Å². The van der Waals surface area contributed by atoms with E-state index in [0.29, 0.717) is 47.9 Å². The first kappa shape index (κ1) is 23.2. The van der Waals surface area contributed by atoms with Crippen molar-refractivity contribution in [3.63, 3.8) is 0 Å². The van der Waals surface area contributed by atoms with E-state index in [-0.39, 0.29) is 29.1 Å². The molecule has 1 aromatic heterocycles. The molecule has 1 aromatic carbocycles. The summed E-state index contributed by atoms with van der Waals surface area (Å²) in [7, 11) is -3.36. The molecule has 0 saturated carbocycles. The van der Waals surface area contributed by atoms with Gasteiger partial charge in [-0.25, -0.2) is 18.5 Å². The number of amides is 2. The average molecular weight is 452 g/mol. The first-order valence-electron chi connectivity index (χ1n) is 10.6. The number of nitrogens with zero attached hydrogens (tertiary/aromatic N) is 3. The van der Waals surface area contributed by atoms with Crippen LogP contribution in [0, 0.1) is 5.92 Å². The minimum atomic E-state index is -3.36. The summed E-state index contributed by atoms with van der Waals surface area (Å²) >= 11 is 0. The molecule has 10 heteroatoms. The van der Waals surface area contributed by atoms with Crippen molar-refractivity contribution in [2.24, 2.45) is 5.92 Å². The molecule has 3 rings (SSSR count). The van der Waals surface area contributed by atoms with Crippen molar-refractivity contribution in [2.75, 3.05) is 18.8 Å². The third kappa shape index (κ3) is 5.07. The largest absolute Gasteiger partial charge is 0.438 e. The Morgan fingerprint density at radius 2 is 2.19 bits per heavy atom. The molecular weight excluding hydrogens is 422 g/mol. The van der Waals surface area contributed by atoms with Crippen molar-refractivity contribution >= 4 is 33.3 Å². The third-order valence-electron chi connectivity index (χ3n) is 5.72. The highest BCUT2D eigenvalue weighted by atomic mass is 32.2. The fourth-order valence-corrected chi connectivity index (χ4v) is 4.86. The maximum Gasteiger partial charge on any atom is 0.233 e. The van der Waals surface area contributed by atoms with E-state index in [2.05, 4.69) is 4.98 Å². The molecule has 1 aliphatic heterocycles. The van der Waals surface area contributed by atoms with Crippen LogP contribution in [0.4, 0.5) is 0 Å². The van der Waals surface area contributed by atoms with E-state index in [0.717, 1.165) is 19.3 Å². The van der Waals surface area contributed by atoms with E-state index in [1.54, 1.807) is 17.9 Å². The molecule has 9 nitrogen and oxygen atoms in total. The Labute approximate surface area is 181 Å². The second-order valence-corrected chi connectivity index (χ2v) is 10.1. The van der Waals surface area contributed by atoms with E-state index in [9.17, 15) is 23.2 Å². The number of fused-ring (bicyclic) bond motifs is 1. The number of unbranched alkanes of at least 4 members (excludes halogenated alkanes) is 1. The van der Waals surface area contributed by atoms with Gasteiger partial charge < -0.3 is 9.32 Å². The highest BCUT2D eigenvalue weighted by molar-refractivity contribution is 7.91. The number of carbonyl (C=O) groups is 2. The lowest BCUT2D eigenvalue weighted by atomic mass is 9.99. The standard InChI is InChI=1S/C21H29N3O6S/c1-3-5-7-15(13-23(27)14-25)21(26)24-11-6-8-18(24)20-22-17-12-16(31(28,29)4-2)9-10-19(17)30-20/h9-10,12,14-15,18,27H,3-8,11,13H2,1-2H3/t15-,18+/m1/s1. The summed E-state index contributed by atoms with van der Waals surface area (Å²) in [6.07, 6.45) is 4.02. The molecule has 170 valence electrons. The molecular formula is C21H29N3O6S. The minimum absolute atomic E-state index is 0.00404. The third-order valence-corrected chi connectivity index (χ3v) is 7.45. The van der Waals surface area contributed by atoms with Gasteiger partial charge in [-0.05, 0) is 37.5 Å². The summed E-state index contributed by atoms with van der Waals surface area (Å²) in [5, 5.41) is 10.1. The average Bonchev–Trinajstić information content (AvgIpc) is 3.41. The second-order valence-electron chi connectivity index (χ2n) is 7.84. The van der Waals surface area contributed by atoms with Gasteiger partial charge in [0.05, 0.1) is 23.1 Å². The predicted molar refractivity (Wildman–Crippen MR) is 113 cm³/mol. The van der Waals surface area contributed by atoms with Crippen molar-refractivity contribution in [1.29, 1.82) is 0 Å². The molecule has 0 aliphatic carbocycles. The Kier molecular flexibility index (Phi) is 7.32. The Hall–Kier alpha value is -2.46. The lowest BCUT2D eigenvalue weighted by Crippen LogP contribution is -2.40. The van der Waals surface area contributed by atoms with Gasteiger partial charge in [0.25, 0.3) is 0 Å². The van der Waals surface area contributed by atoms with Gasteiger partial charge >= 0.3 is 0 Å². The summed E-state index contributed by atoms with van der Waals surface area (Å²) in [6.45, 7) is 4.08. The molecule has 1 aliphatic rings. The van der Waals surface area contributed by atoms with Crippen LogP contribution in [0.3, 0.4) is 0 Å². The smallest absolute Gasteiger partial charge is 0.233 e. The number of hydrogen-bond acceptors (Lipinski definition) is 7. The van der Waals surface area contributed by atoms with Gasteiger partial charge in [-0.1, -0.05) is 26.7 Å². The van der Waals surface area contributed by atoms with Gasteiger partial charge in [-0.2, -0.15) is 0 Å². The van der Waals surface area contributed by atoms with E-state index in [1.165, 1.54) is 12.1 Å². The Morgan fingerprint density at radius 1 is 1.42 bits per heavy atom. The lowest BCUT2D eigenvalue weighted by Gasteiger charge is -2.28. The van der Waals surface area contributed by atoms with Gasteiger partial charge in [0, 0.05) is 6.54 Å². The summed E-state index contributed by atoms with van der Waals surface area (Å²) in [5.41, 5.74) is 0.906. The maximum atomic E-state index is 13.2. The number of benzene rings is 1. The number of hydrogen-bond donors (Lipinski definition) is 1. The van der Waals surface area contributed by atoms with Crippen LogP contribution >= 0.6 is 0 Å². The summed E-state index contributed by atoms with van der Waals surface area (Å²) in [4.78, 5) is 30.5. The fraction of sp³-hybridized carbons (Fsp3) is 0.571. The number of hydroxylamine groups is 2. The lowest BCUT2D eigenvalue weighted by molar-refractivity contribution is -0.157. The van der Waals surface area contributed by atoms with Gasteiger partial charge in [0.1, 0.15) is 11.6 Å². The summed E-state index contributed by atoms with van der Waals surface area (Å²) < 4.78 is 30.2. The molecule has 1 N–H and O–H groups in total. The number of rotatable bonds is 10. The molecule has 31 heavy (non-hydrogen) atoms. The van der Waals surface area contributed by atoms with E-state index in [4.69, 9.17) is 4.42 Å². The first-order chi connectivity index (χ1) is 14.8. The van der Waals surface area contributed by atoms with Crippen LogP contribution in [0.1, 0.15) is 57.9 Å². The Balaban J connectivity index is 1.86. The van der Waals surface area contributed by atoms with Crippen molar-refractivity contribution in [2.45, 2.75) is 56.9 Å². The number of oxazole rings is 1. The molecule has 1 fully saturated rings. The second kappa shape index (κ2) is 9.78. The maximum absolute atomic E-state index is 13.2. The van der Waals surface area contributed by atoms with E-state index < -0.39 is 15.8 Å². The fourth-order valence-electron chi connectivity index (χ4n) is 3.96. The molecule has 2 heterocycles. The SMILES string of the molecule is CCCC[C@H](CN(O)C=O)C(=O)N1CCC[C@H]1c1nc2cc(S(=O)(=O)CC)ccc2o1. The summed E-state index contributed by atoms with van der Waals surface area (Å²) in [5.74, 6) is -0.289. The molecule has 0 radical (unpaired) electrons. The van der Waals surface area contributed by atoms with Crippen LogP contribution in [0.25, 0.3) is 11.1 Å². The minimum Gasteiger partial charge on any atom is -0.438 e.